The molecule has 0 spiro atoms. The minimum atomic E-state index is -0.288. The van der Waals surface area contributed by atoms with Crippen molar-refractivity contribution in [2.24, 2.45) is 0 Å². The highest BCUT2D eigenvalue weighted by Gasteiger charge is 2.22. The molecule has 1 saturated heterocycles. The smallest absolute Gasteiger partial charge is 0.298 e. The van der Waals surface area contributed by atoms with Crippen molar-refractivity contribution in [3.63, 3.8) is 0 Å². The third-order valence-electron chi connectivity index (χ3n) is 4.74. The Kier molecular flexibility index (Phi) is 5.91. The molecule has 0 N–H and O–H groups in total. The second kappa shape index (κ2) is 8.93. The molecule has 0 aliphatic carbocycles. The predicted molar refractivity (Wildman–Crippen MR) is 114 cm³/mol. The number of hydrogen-bond donors (Lipinski definition) is 0. The van der Waals surface area contributed by atoms with Crippen LogP contribution in [0.4, 0.5) is 9.52 Å². The first-order valence-corrected chi connectivity index (χ1v) is 10.2. The van der Waals surface area contributed by atoms with Gasteiger partial charge in [0.2, 0.25) is 5.13 Å². The summed E-state index contributed by atoms with van der Waals surface area (Å²) in [7, 11) is 1.60. The number of halogens is 1. The number of ether oxygens (including phenoxy) is 1. The Hall–Kier alpha value is -3.44. The first kappa shape index (κ1) is 19.9. The molecule has 1 aliphatic rings. The van der Waals surface area contributed by atoms with E-state index in [0.717, 1.165) is 16.3 Å². The molecule has 30 heavy (non-hydrogen) atoms. The molecule has 1 amide bonds. The molecule has 1 aliphatic heterocycles. The number of methoxy groups -OCH3 is 1. The van der Waals surface area contributed by atoms with E-state index < -0.39 is 0 Å². The third-order valence-corrected chi connectivity index (χ3v) is 5.52. The molecule has 3 aromatic rings. The molecule has 0 unspecified atom stereocenters. The Morgan fingerprint density at radius 1 is 1.13 bits per heavy atom. The van der Waals surface area contributed by atoms with Crippen LogP contribution < -0.4 is 9.64 Å². The Labute approximate surface area is 178 Å². The number of benzene rings is 2. The van der Waals surface area contributed by atoms with Crippen molar-refractivity contribution in [2.75, 3.05) is 38.2 Å². The van der Waals surface area contributed by atoms with Crippen molar-refractivity contribution in [3.8, 4) is 29.0 Å². The predicted octanol–water partition coefficient (Wildman–Crippen LogP) is 3.05. The number of hydrogen-bond acceptors (Lipinski definition) is 6. The molecular formula is C22H19FN4O2S. The molecule has 1 aromatic heterocycles. The molecule has 152 valence electrons. The molecular weight excluding hydrogens is 403 g/mol. The number of carbonyl (C=O) groups excluding carboxylic acids is 1. The monoisotopic (exact) mass is 422 g/mol. The van der Waals surface area contributed by atoms with E-state index in [1.54, 1.807) is 30.2 Å². The summed E-state index contributed by atoms with van der Waals surface area (Å²) >= 11 is 1.30. The number of nitrogens with zero attached hydrogens (tertiary/aromatic N) is 4. The van der Waals surface area contributed by atoms with Crippen LogP contribution >= 0.6 is 11.5 Å². The maximum Gasteiger partial charge on any atom is 0.298 e. The molecule has 2 heterocycles. The first-order chi connectivity index (χ1) is 14.6. The topological polar surface area (TPSA) is 58.6 Å². The van der Waals surface area contributed by atoms with Crippen LogP contribution in [0.1, 0.15) is 5.56 Å². The lowest BCUT2D eigenvalue weighted by molar-refractivity contribution is -0.125. The Balaban J connectivity index is 1.35. The first-order valence-electron chi connectivity index (χ1n) is 9.42. The van der Waals surface area contributed by atoms with Crippen LogP contribution in [0, 0.1) is 17.7 Å². The van der Waals surface area contributed by atoms with Gasteiger partial charge in [0.25, 0.3) is 5.91 Å². The summed E-state index contributed by atoms with van der Waals surface area (Å²) in [6, 6.07) is 13.4. The van der Waals surface area contributed by atoms with Gasteiger partial charge < -0.3 is 14.5 Å². The molecule has 8 heteroatoms. The maximum atomic E-state index is 13.1. The highest BCUT2D eigenvalue weighted by Crippen LogP contribution is 2.25. The van der Waals surface area contributed by atoms with Crippen LogP contribution in [0.2, 0.25) is 0 Å². The molecule has 0 atom stereocenters. The fourth-order valence-electron chi connectivity index (χ4n) is 3.07. The Bertz CT molecular complexity index is 1100. The van der Waals surface area contributed by atoms with E-state index in [2.05, 4.69) is 26.1 Å². The van der Waals surface area contributed by atoms with Crippen LogP contribution in [0.5, 0.6) is 5.75 Å². The lowest BCUT2D eigenvalue weighted by atomic mass is 10.2. The fourth-order valence-corrected chi connectivity index (χ4v) is 3.81. The Morgan fingerprint density at radius 2 is 1.90 bits per heavy atom. The SMILES string of the molecule is COc1cccc(C#CC(=O)N2CCN(c3nc(-c4ccc(F)cc4)ns3)CC2)c1. The zero-order chi connectivity index (χ0) is 20.9. The van der Waals surface area contributed by atoms with Gasteiger partial charge in [0, 0.05) is 54.8 Å². The summed E-state index contributed by atoms with van der Waals surface area (Å²) in [4.78, 5) is 20.8. The highest BCUT2D eigenvalue weighted by atomic mass is 32.1. The fraction of sp³-hybridized carbons (Fsp3) is 0.227. The van der Waals surface area contributed by atoms with E-state index >= 15 is 0 Å². The number of aromatic nitrogens is 2. The second-order valence-corrected chi connectivity index (χ2v) is 7.40. The van der Waals surface area contributed by atoms with Crippen LogP contribution in [0.15, 0.2) is 48.5 Å². The van der Waals surface area contributed by atoms with Crippen LogP contribution in [0.3, 0.4) is 0 Å². The molecule has 6 nitrogen and oxygen atoms in total. The summed E-state index contributed by atoms with van der Waals surface area (Å²) in [5.74, 6) is 6.42. The molecule has 4 rings (SSSR count). The Morgan fingerprint density at radius 3 is 2.63 bits per heavy atom. The van der Waals surface area contributed by atoms with Crippen molar-refractivity contribution in [2.45, 2.75) is 0 Å². The summed E-state index contributed by atoms with van der Waals surface area (Å²) in [6.45, 7) is 2.45. The average molecular weight is 422 g/mol. The van der Waals surface area contributed by atoms with E-state index in [1.165, 1.54) is 23.7 Å². The van der Waals surface area contributed by atoms with Gasteiger partial charge in [-0.15, -0.1) is 0 Å². The van der Waals surface area contributed by atoms with E-state index in [1.807, 2.05) is 18.2 Å². The minimum Gasteiger partial charge on any atom is -0.497 e. The number of piperazine rings is 1. The van der Waals surface area contributed by atoms with Crippen LogP contribution in [-0.2, 0) is 4.79 Å². The van der Waals surface area contributed by atoms with Gasteiger partial charge in [-0.2, -0.15) is 9.36 Å². The second-order valence-electron chi connectivity index (χ2n) is 6.67. The van der Waals surface area contributed by atoms with Gasteiger partial charge >= 0.3 is 0 Å². The third kappa shape index (κ3) is 4.58. The van der Waals surface area contributed by atoms with Crippen LogP contribution in [-0.4, -0.2) is 53.5 Å². The molecule has 0 radical (unpaired) electrons. The summed E-state index contributed by atoms with van der Waals surface area (Å²) in [6.07, 6.45) is 0. The summed E-state index contributed by atoms with van der Waals surface area (Å²) in [5, 5.41) is 0.795. The van der Waals surface area contributed by atoms with Crippen molar-refractivity contribution in [1.82, 2.24) is 14.3 Å². The lowest BCUT2D eigenvalue weighted by Crippen LogP contribution is -2.48. The number of rotatable bonds is 3. The van der Waals surface area contributed by atoms with E-state index in [0.29, 0.717) is 37.8 Å². The van der Waals surface area contributed by atoms with Gasteiger partial charge in [0.1, 0.15) is 11.6 Å². The summed E-state index contributed by atoms with van der Waals surface area (Å²) in [5.41, 5.74) is 1.52. The highest BCUT2D eigenvalue weighted by molar-refractivity contribution is 7.09. The van der Waals surface area contributed by atoms with Crippen LogP contribution in [0.25, 0.3) is 11.4 Å². The van der Waals surface area contributed by atoms with E-state index in [9.17, 15) is 9.18 Å². The molecule has 2 aromatic carbocycles. The van der Waals surface area contributed by atoms with Crippen molar-refractivity contribution in [3.05, 3.63) is 59.9 Å². The van der Waals surface area contributed by atoms with E-state index in [-0.39, 0.29) is 11.7 Å². The number of carbonyl (C=O) groups is 1. The molecule has 0 saturated carbocycles. The molecule has 1 fully saturated rings. The van der Waals surface area contributed by atoms with Gasteiger partial charge in [0.15, 0.2) is 5.82 Å². The van der Waals surface area contributed by atoms with Gasteiger partial charge in [-0.05, 0) is 42.5 Å². The standard InChI is InChI=1S/C22H19FN4O2S/c1-29-19-4-2-3-16(15-19)5-10-20(28)26-11-13-27(14-12-26)22-24-21(25-30-22)17-6-8-18(23)9-7-17/h2-4,6-9,15H,11-14H2,1H3. The minimum absolute atomic E-state index is 0.193. The average Bonchev–Trinajstić information content (AvgIpc) is 3.28. The van der Waals surface area contributed by atoms with Gasteiger partial charge in [-0.1, -0.05) is 12.0 Å². The van der Waals surface area contributed by atoms with Crippen molar-refractivity contribution < 1.29 is 13.9 Å². The van der Waals surface area contributed by atoms with Crippen molar-refractivity contribution >= 4 is 22.6 Å². The normalized spacial score (nSPS) is 13.5. The van der Waals surface area contributed by atoms with E-state index in [4.69, 9.17) is 4.74 Å². The number of anilines is 1. The summed E-state index contributed by atoms with van der Waals surface area (Å²) < 4.78 is 22.6. The maximum absolute atomic E-state index is 13.1. The zero-order valence-corrected chi connectivity index (χ0v) is 17.2. The van der Waals surface area contributed by atoms with Crippen molar-refractivity contribution in [1.29, 1.82) is 0 Å². The van der Waals surface area contributed by atoms with Gasteiger partial charge in [-0.3, -0.25) is 4.79 Å². The van der Waals surface area contributed by atoms with Gasteiger partial charge in [0.05, 0.1) is 7.11 Å². The lowest BCUT2D eigenvalue weighted by Gasteiger charge is -2.33. The molecule has 0 bridgehead atoms. The van der Waals surface area contributed by atoms with Gasteiger partial charge in [-0.25, -0.2) is 4.39 Å². The zero-order valence-electron chi connectivity index (χ0n) is 16.3. The number of amides is 1. The largest absolute Gasteiger partial charge is 0.497 e. The quantitative estimate of drug-likeness (QED) is 0.608.